The Kier molecular flexibility index (Phi) is 19.8. The van der Waals surface area contributed by atoms with E-state index in [1.54, 1.807) is 32.7 Å². The van der Waals surface area contributed by atoms with Crippen LogP contribution in [0.3, 0.4) is 0 Å². The van der Waals surface area contributed by atoms with E-state index in [1.165, 1.54) is 21.3 Å². The van der Waals surface area contributed by atoms with Gasteiger partial charge in [-0.25, -0.2) is 19.4 Å². The molecule has 4 N–H and O–H groups in total. The molecule has 2 unspecified atom stereocenters. The fraction of sp³-hybridized carbons (Fsp3) is 0.571. The molecular weight excluding hydrogens is 748 g/mol. The van der Waals surface area contributed by atoms with E-state index in [9.17, 15) is 28.8 Å². The average Bonchev–Trinajstić information content (AvgIpc) is 3.20. The number of rotatable bonds is 20. The molecule has 0 aromatic heterocycles. The number of hydrazine groups is 1. The van der Waals surface area contributed by atoms with Crippen molar-refractivity contribution in [3.63, 3.8) is 0 Å². The zero-order valence-corrected chi connectivity index (χ0v) is 34.9. The maximum absolute atomic E-state index is 14.0. The highest BCUT2D eigenvalue weighted by molar-refractivity contribution is 5.86. The van der Waals surface area contributed by atoms with E-state index in [4.69, 9.17) is 18.9 Å². The lowest BCUT2D eigenvalue weighted by Crippen LogP contribution is -2.60. The zero-order valence-electron chi connectivity index (χ0n) is 34.9. The van der Waals surface area contributed by atoms with Gasteiger partial charge in [0.05, 0.1) is 26.8 Å². The predicted molar refractivity (Wildman–Crippen MR) is 216 cm³/mol. The molecule has 0 aliphatic heterocycles. The van der Waals surface area contributed by atoms with Gasteiger partial charge in [-0.05, 0) is 48.1 Å². The summed E-state index contributed by atoms with van der Waals surface area (Å²) in [6, 6.07) is 15.5. The lowest BCUT2D eigenvalue weighted by molar-refractivity contribution is -0.154. The van der Waals surface area contributed by atoms with Gasteiger partial charge in [0, 0.05) is 13.6 Å². The molecule has 4 atom stereocenters. The molecule has 320 valence electrons. The molecule has 0 radical (unpaired) electrons. The van der Waals surface area contributed by atoms with Gasteiger partial charge in [-0.2, -0.15) is 0 Å². The molecule has 5 amide bonds. The van der Waals surface area contributed by atoms with E-state index in [-0.39, 0.29) is 37.3 Å². The molecule has 3 rings (SSSR count). The standard InChI is InChI=1S/C42H62N6O10/c1-28(2)36(44-40(52)55-6)38(50)43-33(23-30-17-11-8-12-18-30)34(58-35(49)26-47(5)42(54)57-27-32-21-15-10-16-22-32)25-48(24-31-19-13-9-14-20-31)46-39(51)37(29(3)4)45-41(53)56-7/h8,10-12,15-18,21-22,28-29,31,33-34,36-37H,9,13-14,19-20,23-27H2,1-7H3,(H,43,50)(H,44,52)(H,45,53)(H,46,51)/t33?,34?,36-,37-/m0/s1. The third-order valence-corrected chi connectivity index (χ3v) is 9.93. The number of amides is 5. The van der Waals surface area contributed by atoms with Crippen molar-refractivity contribution in [2.24, 2.45) is 17.8 Å². The zero-order chi connectivity index (χ0) is 42.6. The maximum Gasteiger partial charge on any atom is 0.410 e. The molecule has 0 saturated heterocycles. The Hall–Kier alpha value is -5.38. The summed E-state index contributed by atoms with van der Waals surface area (Å²) in [6.07, 6.45) is 1.74. The topological polar surface area (TPSA) is 194 Å². The van der Waals surface area contributed by atoms with Gasteiger partial charge in [0.25, 0.3) is 5.91 Å². The van der Waals surface area contributed by atoms with Gasteiger partial charge in [0.1, 0.15) is 31.3 Å². The Labute approximate surface area is 342 Å². The second-order valence-corrected chi connectivity index (χ2v) is 15.3. The van der Waals surface area contributed by atoms with Crippen LogP contribution in [0.4, 0.5) is 14.4 Å². The summed E-state index contributed by atoms with van der Waals surface area (Å²) in [5, 5.41) is 9.90. The third-order valence-electron chi connectivity index (χ3n) is 9.93. The smallest absolute Gasteiger partial charge is 0.410 e. The Morgan fingerprint density at radius 1 is 0.724 bits per heavy atom. The van der Waals surface area contributed by atoms with Crippen molar-refractivity contribution in [3.05, 3.63) is 71.8 Å². The first kappa shape index (κ1) is 47.0. The molecule has 16 heteroatoms. The second-order valence-electron chi connectivity index (χ2n) is 15.3. The van der Waals surface area contributed by atoms with Crippen molar-refractivity contribution >= 4 is 36.1 Å². The number of methoxy groups -OCH3 is 2. The van der Waals surface area contributed by atoms with E-state index >= 15 is 0 Å². The highest BCUT2D eigenvalue weighted by Gasteiger charge is 2.35. The molecule has 2 aromatic rings. The number of hydrogen-bond donors (Lipinski definition) is 4. The highest BCUT2D eigenvalue weighted by atomic mass is 16.6. The molecule has 0 heterocycles. The van der Waals surface area contributed by atoms with Crippen LogP contribution in [0.1, 0.15) is 70.9 Å². The highest BCUT2D eigenvalue weighted by Crippen LogP contribution is 2.25. The van der Waals surface area contributed by atoms with Crippen molar-refractivity contribution in [3.8, 4) is 0 Å². The fourth-order valence-electron chi connectivity index (χ4n) is 6.69. The van der Waals surface area contributed by atoms with Crippen LogP contribution < -0.4 is 21.4 Å². The Bertz CT molecular complexity index is 1610. The van der Waals surface area contributed by atoms with Crippen LogP contribution in [0.5, 0.6) is 0 Å². The molecule has 1 aliphatic carbocycles. The Morgan fingerprint density at radius 2 is 1.26 bits per heavy atom. The van der Waals surface area contributed by atoms with Crippen molar-refractivity contribution < 1.29 is 47.7 Å². The van der Waals surface area contributed by atoms with Crippen molar-refractivity contribution in [1.29, 1.82) is 0 Å². The second kappa shape index (κ2) is 24.4. The monoisotopic (exact) mass is 810 g/mol. The number of ether oxygens (including phenoxy) is 4. The summed E-state index contributed by atoms with van der Waals surface area (Å²) in [7, 11) is 3.83. The minimum absolute atomic E-state index is 0.00151. The molecule has 1 aliphatic rings. The van der Waals surface area contributed by atoms with Gasteiger partial charge in [-0.1, -0.05) is 108 Å². The number of carbonyl (C=O) groups is 6. The van der Waals surface area contributed by atoms with E-state index in [2.05, 4.69) is 21.4 Å². The molecule has 0 spiro atoms. The van der Waals surface area contributed by atoms with Gasteiger partial charge < -0.3 is 39.8 Å². The maximum atomic E-state index is 14.0. The number of hydrogen-bond acceptors (Lipinski definition) is 11. The summed E-state index contributed by atoms with van der Waals surface area (Å²) in [5.74, 6) is -2.33. The van der Waals surface area contributed by atoms with E-state index in [0.29, 0.717) is 6.54 Å². The van der Waals surface area contributed by atoms with Crippen molar-refractivity contribution in [2.75, 3.05) is 40.9 Å². The molecule has 0 bridgehead atoms. The molecule has 1 saturated carbocycles. The lowest BCUT2D eigenvalue weighted by Gasteiger charge is -2.37. The van der Waals surface area contributed by atoms with Crippen molar-refractivity contribution in [1.82, 2.24) is 31.3 Å². The van der Waals surface area contributed by atoms with Gasteiger partial charge in [0.15, 0.2) is 0 Å². The molecular formula is C42H62N6O10. The van der Waals surface area contributed by atoms with Crippen LogP contribution >= 0.6 is 0 Å². The SMILES string of the molecule is COC(=O)N[C@H](C(=O)NC(Cc1ccccc1)C(CN(CC1CCCCC1)NC(=O)[C@@H](NC(=O)OC)C(C)C)OC(=O)CN(C)C(=O)OCc1ccccc1)C(C)C. The number of nitrogens with zero attached hydrogens (tertiary/aromatic N) is 2. The van der Waals surface area contributed by atoms with Crippen LogP contribution in [0.25, 0.3) is 0 Å². The van der Waals surface area contributed by atoms with Crippen molar-refractivity contribution in [2.45, 2.75) is 97.1 Å². The first-order valence-electron chi connectivity index (χ1n) is 19.9. The molecule has 2 aromatic carbocycles. The number of carbonyl (C=O) groups excluding carboxylic acids is 6. The van der Waals surface area contributed by atoms with Gasteiger partial charge in [-0.3, -0.25) is 19.8 Å². The Balaban J connectivity index is 2.01. The van der Waals surface area contributed by atoms with Crippen LogP contribution in [0.15, 0.2) is 60.7 Å². The summed E-state index contributed by atoms with van der Waals surface area (Å²) in [5.41, 5.74) is 4.56. The largest absolute Gasteiger partial charge is 0.457 e. The van der Waals surface area contributed by atoms with Gasteiger partial charge in [-0.15, -0.1) is 0 Å². The number of nitrogens with one attached hydrogen (secondary N) is 4. The number of likely N-dealkylation sites (N-methyl/N-ethyl adjacent to an activating group) is 1. The number of alkyl carbamates (subject to hydrolysis) is 2. The molecule has 58 heavy (non-hydrogen) atoms. The van der Waals surface area contributed by atoms with Crippen LogP contribution in [0, 0.1) is 17.8 Å². The fourth-order valence-corrected chi connectivity index (χ4v) is 6.69. The number of benzene rings is 2. The van der Waals surface area contributed by atoms with E-state index in [1.807, 2.05) is 60.7 Å². The summed E-state index contributed by atoms with van der Waals surface area (Å²) >= 11 is 0. The van der Waals surface area contributed by atoms with Gasteiger partial charge >= 0.3 is 24.2 Å². The predicted octanol–water partition coefficient (Wildman–Crippen LogP) is 4.57. The summed E-state index contributed by atoms with van der Waals surface area (Å²) < 4.78 is 21.2. The Morgan fingerprint density at radius 3 is 1.79 bits per heavy atom. The summed E-state index contributed by atoms with van der Waals surface area (Å²) in [6.45, 7) is 6.93. The lowest BCUT2D eigenvalue weighted by atomic mass is 9.89. The van der Waals surface area contributed by atoms with E-state index in [0.717, 1.165) is 48.1 Å². The first-order valence-corrected chi connectivity index (χ1v) is 19.9. The molecule has 16 nitrogen and oxygen atoms in total. The quantitative estimate of drug-likeness (QED) is 0.0832. The molecule has 1 fully saturated rings. The van der Waals surface area contributed by atoms with Crippen LogP contribution in [0.2, 0.25) is 0 Å². The average molecular weight is 811 g/mol. The summed E-state index contributed by atoms with van der Waals surface area (Å²) in [4.78, 5) is 80.3. The number of esters is 1. The normalized spacial score (nSPS) is 15.0. The minimum atomic E-state index is -1.12. The van der Waals surface area contributed by atoms with Crippen LogP contribution in [-0.4, -0.2) is 111 Å². The van der Waals surface area contributed by atoms with E-state index < -0.39 is 66.8 Å². The third kappa shape index (κ3) is 16.2. The first-order chi connectivity index (χ1) is 27.7. The van der Waals surface area contributed by atoms with Gasteiger partial charge in [0.2, 0.25) is 5.91 Å². The minimum Gasteiger partial charge on any atom is -0.457 e. The van der Waals surface area contributed by atoms with Crippen LogP contribution in [-0.2, 0) is 46.4 Å².